The molecule has 0 saturated heterocycles. The first kappa shape index (κ1) is 22.7. The van der Waals surface area contributed by atoms with Crippen molar-refractivity contribution in [2.24, 2.45) is 0 Å². The fourth-order valence-electron chi connectivity index (χ4n) is 4.17. The van der Waals surface area contributed by atoms with Gasteiger partial charge in [-0.1, -0.05) is 31.5 Å². The van der Waals surface area contributed by atoms with E-state index in [0.29, 0.717) is 34.8 Å². The molecule has 0 N–H and O–H groups in total. The smallest absolute Gasteiger partial charge is 0.269 e. The fourth-order valence-corrected chi connectivity index (χ4v) is 6.33. The van der Waals surface area contributed by atoms with E-state index in [9.17, 15) is 14.9 Å². The summed E-state index contributed by atoms with van der Waals surface area (Å²) in [5.74, 6) is 1.07. The number of nitro groups is 1. The lowest BCUT2D eigenvalue weighted by Crippen LogP contribution is -2.23. The average molecular weight is 498 g/mol. The van der Waals surface area contributed by atoms with Crippen LogP contribution >= 0.6 is 23.1 Å². The largest absolute Gasteiger partial charge is 0.420 e. The van der Waals surface area contributed by atoms with Gasteiger partial charge in [0.2, 0.25) is 11.8 Å². The highest BCUT2D eigenvalue weighted by atomic mass is 32.2. The second kappa shape index (κ2) is 9.67. The Hall–Kier alpha value is -3.05. The van der Waals surface area contributed by atoms with Gasteiger partial charge in [0, 0.05) is 29.1 Å². The molecular weight excluding hydrogens is 474 g/mol. The summed E-state index contributed by atoms with van der Waals surface area (Å²) in [5.41, 5.74) is 1.86. The molecule has 5 rings (SSSR count). The summed E-state index contributed by atoms with van der Waals surface area (Å²) in [4.78, 5) is 30.8. The minimum Gasteiger partial charge on any atom is -0.420 e. The third kappa shape index (κ3) is 4.37. The quantitative estimate of drug-likeness (QED) is 0.0993. The van der Waals surface area contributed by atoms with Crippen LogP contribution < -0.4 is 5.56 Å². The summed E-state index contributed by atoms with van der Waals surface area (Å²) in [6, 6.07) is 5.97. The van der Waals surface area contributed by atoms with E-state index >= 15 is 0 Å². The number of thioether (sulfide) groups is 1. The van der Waals surface area contributed by atoms with Gasteiger partial charge in [-0.25, -0.2) is 4.98 Å². The van der Waals surface area contributed by atoms with Gasteiger partial charge in [0.15, 0.2) is 5.16 Å². The fraction of sp³-hybridized carbons (Fsp3) is 0.391. The third-order valence-electron chi connectivity index (χ3n) is 5.89. The van der Waals surface area contributed by atoms with Gasteiger partial charge < -0.3 is 4.42 Å². The Balaban J connectivity index is 1.39. The molecule has 11 heteroatoms. The van der Waals surface area contributed by atoms with E-state index in [2.05, 4.69) is 17.1 Å². The van der Waals surface area contributed by atoms with E-state index in [-0.39, 0.29) is 11.2 Å². The third-order valence-corrected chi connectivity index (χ3v) is 8.04. The molecule has 0 atom stereocenters. The first-order chi connectivity index (χ1) is 16.5. The van der Waals surface area contributed by atoms with Crippen molar-refractivity contribution in [3.63, 3.8) is 0 Å². The number of fused-ring (bicyclic) bond motifs is 3. The van der Waals surface area contributed by atoms with Crippen LogP contribution in [0.25, 0.3) is 21.7 Å². The van der Waals surface area contributed by atoms with Gasteiger partial charge in [-0.2, -0.15) is 0 Å². The topological polar surface area (TPSA) is 117 Å². The van der Waals surface area contributed by atoms with Crippen LogP contribution in [-0.2, 0) is 25.1 Å². The Bertz CT molecular complexity index is 1410. The summed E-state index contributed by atoms with van der Waals surface area (Å²) in [7, 11) is 0. The minimum atomic E-state index is -0.453. The van der Waals surface area contributed by atoms with Gasteiger partial charge in [0.1, 0.15) is 4.83 Å². The van der Waals surface area contributed by atoms with Crippen LogP contribution in [0.2, 0.25) is 0 Å². The molecule has 1 aromatic carbocycles. The number of benzene rings is 1. The summed E-state index contributed by atoms with van der Waals surface area (Å²) in [6.45, 7) is 2.78. The number of rotatable bonds is 9. The van der Waals surface area contributed by atoms with Crippen molar-refractivity contribution in [1.29, 1.82) is 0 Å². The lowest BCUT2D eigenvalue weighted by atomic mass is 10.2. The molecule has 9 nitrogen and oxygen atoms in total. The molecule has 176 valence electrons. The zero-order chi connectivity index (χ0) is 23.7. The van der Waals surface area contributed by atoms with Crippen LogP contribution in [0.4, 0.5) is 5.69 Å². The van der Waals surface area contributed by atoms with Gasteiger partial charge in [-0.15, -0.1) is 21.5 Å². The van der Waals surface area contributed by atoms with Crippen molar-refractivity contribution < 1.29 is 9.34 Å². The molecule has 3 heterocycles. The SMILES string of the molecule is CCCCCn1c(SCc2nnc(-c3ccc([N+](=O)[O-])cc3)o2)nc2sc3c(c2c1=O)CCC3. The summed E-state index contributed by atoms with van der Waals surface area (Å²) in [5, 5.41) is 20.5. The molecule has 1 aliphatic rings. The van der Waals surface area contributed by atoms with Crippen LogP contribution in [0.3, 0.4) is 0 Å². The van der Waals surface area contributed by atoms with Gasteiger partial charge in [0.05, 0.1) is 16.1 Å². The second-order valence-corrected chi connectivity index (χ2v) is 10.2. The number of unbranched alkanes of at least 4 members (excludes halogenated alkanes) is 2. The molecule has 34 heavy (non-hydrogen) atoms. The predicted octanol–water partition coefficient (Wildman–Crippen LogP) is 5.39. The first-order valence-electron chi connectivity index (χ1n) is 11.3. The van der Waals surface area contributed by atoms with Crippen LogP contribution in [-0.4, -0.2) is 24.7 Å². The van der Waals surface area contributed by atoms with E-state index in [1.807, 2.05) is 4.57 Å². The van der Waals surface area contributed by atoms with Crippen LogP contribution in [0.1, 0.15) is 48.9 Å². The molecule has 0 amide bonds. The van der Waals surface area contributed by atoms with Gasteiger partial charge >= 0.3 is 0 Å². The number of aromatic nitrogens is 4. The Labute approximate surface area is 203 Å². The number of non-ortho nitro benzene ring substituents is 1. The zero-order valence-electron chi connectivity index (χ0n) is 18.7. The molecule has 4 aromatic rings. The van der Waals surface area contributed by atoms with Crippen molar-refractivity contribution in [2.75, 3.05) is 0 Å². The maximum atomic E-state index is 13.5. The second-order valence-electron chi connectivity index (χ2n) is 8.19. The van der Waals surface area contributed by atoms with Crippen molar-refractivity contribution in [3.05, 3.63) is 61.1 Å². The van der Waals surface area contributed by atoms with Crippen molar-refractivity contribution in [1.82, 2.24) is 19.7 Å². The van der Waals surface area contributed by atoms with Crippen LogP contribution in [0.15, 0.2) is 38.6 Å². The number of hydrogen-bond donors (Lipinski definition) is 0. The lowest BCUT2D eigenvalue weighted by Gasteiger charge is -2.11. The minimum absolute atomic E-state index is 0.00103. The van der Waals surface area contributed by atoms with Crippen molar-refractivity contribution >= 4 is 39.0 Å². The molecular formula is C23H23N5O4S2. The Morgan fingerprint density at radius 3 is 2.79 bits per heavy atom. The molecule has 0 fully saturated rings. The normalized spacial score (nSPS) is 13.0. The Morgan fingerprint density at radius 2 is 2.03 bits per heavy atom. The number of nitro benzene ring substituents is 1. The Kier molecular flexibility index (Phi) is 6.46. The van der Waals surface area contributed by atoms with E-state index in [4.69, 9.17) is 9.40 Å². The van der Waals surface area contributed by atoms with Crippen molar-refractivity contribution in [2.45, 2.75) is 62.9 Å². The van der Waals surface area contributed by atoms with Gasteiger partial charge in [-0.3, -0.25) is 19.5 Å². The first-order valence-corrected chi connectivity index (χ1v) is 13.1. The highest BCUT2D eigenvalue weighted by Crippen LogP contribution is 2.36. The molecule has 0 aliphatic heterocycles. The number of aryl methyl sites for hydroxylation is 2. The molecule has 0 unspecified atom stereocenters. The summed E-state index contributed by atoms with van der Waals surface area (Å²) in [6.07, 6.45) is 6.15. The average Bonchev–Trinajstić information content (AvgIpc) is 3.55. The molecule has 3 aromatic heterocycles. The number of hydrogen-bond acceptors (Lipinski definition) is 9. The molecule has 1 aliphatic carbocycles. The maximum Gasteiger partial charge on any atom is 0.269 e. The van der Waals surface area contributed by atoms with Gasteiger partial charge in [0.25, 0.3) is 11.2 Å². The zero-order valence-corrected chi connectivity index (χ0v) is 20.3. The van der Waals surface area contributed by atoms with Crippen LogP contribution in [0, 0.1) is 10.1 Å². The van der Waals surface area contributed by atoms with Gasteiger partial charge in [-0.05, 0) is 43.4 Å². The van der Waals surface area contributed by atoms with Crippen molar-refractivity contribution in [3.8, 4) is 11.5 Å². The summed E-state index contributed by atoms with van der Waals surface area (Å²) < 4.78 is 7.58. The van der Waals surface area contributed by atoms with E-state index in [1.165, 1.54) is 34.3 Å². The molecule has 0 saturated carbocycles. The highest BCUT2D eigenvalue weighted by molar-refractivity contribution is 7.98. The monoisotopic (exact) mass is 497 g/mol. The number of thiophene rings is 1. The van der Waals surface area contributed by atoms with Crippen LogP contribution in [0.5, 0.6) is 0 Å². The lowest BCUT2D eigenvalue weighted by molar-refractivity contribution is -0.384. The highest BCUT2D eigenvalue weighted by Gasteiger charge is 2.23. The van der Waals surface area contributed by atoms with E-state index < -0.39 is 4.92 Å². The maximum absolute atomic E-state index is 13.5. The summed E-state index contributed by atoms with van der Waals surface area (Å²) >= 11 is 3.06. The molecule has 0 spiro atoms. The number of nitrogens with zero attached hydrogens (tertiary/aromatic N) is 5. The van der Waals surface area contributed by atoms with E-state index in [1.54, 1.807) is 23.5 Å². The standard InChI is InChI=1S/C23H23N5O4S2/c1-2-3-4-12-27-22(29)19-16-6-5-7-17(16)34-21(19)24-23(27)33-13-18-25-26-20(32-18)14-8-10-15(11-9-14)28(30)31/h8-11H,2-7,12-13H2,1H3. The predicted molar refractivity (Wildman–Crippen MR) is 131 cm³/mol. The molecule has 0 radical (unpaired) electrons. The Morgan fingerprint density at radius 1 is 1.21 bits per heavy atom. The van der Waals surface area contributed by atoms with E-state index in [0.717, 1.165) is 48.7 Å². The molecule has 0 bridgehead atoms.